The predicted octanol–water partition coefficient (Wildman–Crippen LogP) is 2.41. The number of aliphatic carboxylic acids is 1. The van der Waals surface area contributed by atoms with Crippen LogP contribution in [0.3, 0.4) is 0 Å². The Bertz CT molecular complexity index is 186. The minimum absolute atomic E-state index is 0.245. The monoisotopic (exact) mass is 213 g/mol. The fourth-order valence-corrected chi connectivity index (χ4v) is 2.45. The number of carboxylic acid groups (broad SMARTS) is 1. The second-order valence-electron chi connectivity index (χ2n) is 4.60. The zero-order chi connectivity index (χ0) is 11.1. The molecule has 3 heteroatoms. The highest BCUT2D eigenvalue weighted by molar-refractivity contribution is 5.66. The van der Waals surface area contributed by atoms with Gasteiger partial charge in [-0.3, -0.25) is 4.79 Å². The van der Waals surface area contributed by atoms with Gasteiger partial charge in [0.1, 0.15) is 0 Å². The van der Waals surface area contributed by atoms with E-state index < -0.39 is 5.97 Å². The molecule has 1 aliphatic carbocycles. The molecule has 0 atom stereocenters. The average Bonchev–Trinajstić information content (AvgIpc) is 2.20. The molecule has 1 saturated carbocycles. The minimum atomic E-state index is -0.706. The Hall–Kier alpha value is -0.570. The molecule has 1 fully saturated rings. The predicted molar refractivity (Wildman–Crippen MR) is 60.9 cm³/mol. The fraction of sp³-hybridized carbons (Fsp3) is 0.917. The Morgan fingerprint density at radius 3 is 2.53 bits per heavy atom. The van der Waals surface area contributed by atoms with Gasteiger partial charge in [-0.25, -0.2) is 0 Å². The highest BCUT2D eigenvalue weighted by Gasteiger charge is 2.19. The van der Waals surface area contributed by atoms with Crippen molar-refractivity contribution in [3.8, 4) is 0 Å². The maximum atomic E-state index is 10.3. The summed E-state index contributed by atoms with van der Waals surface area (Å²) in [5.41, 5.74) is 0. The zero-order valence-corrected chi connectivity index (χ0v) is 9.67. The summed E-state index contributed by atoms with van der Waals surface area (Å²) in [7, 11) is 0. The molecule has 0 aromatic carbocycles. The molecule has 1 rings (SSSR count). The molecule has 0 spiro atoms. The summed E-state index contributed by atoms with van der Waals surface area (Å²) in [6.45, 7) is 2.87. The van der Waals surface area contributed by atoms with Crippen LogP contribution in [-0.2, 0) is 4.79 Å². The smallest absolute Gasteiger partial charge is 0.304 e. The van der Waals surface area contributed by atoms with Crippen LogP contribution in [0, 0.1) is 5.92 Å². The van der Waals surface area contributed by atoms with E-state index in [9.17, 15) is 4.79 Å². The lowest BCUT2D eigenvalue weighted by molar-refractivity contribution is -0.136. The zero-order valence-electron chi connectivity index (χ0n) is 9.67. The summed E-state index contributed by atoms with van der Waals surface area (Å²) in [5.74, 6) is 0.217. The topological polar surface area (TPSA) is 49.3 Å². The second kappa shape index (κ2) is 6.83. The van der Waals surface area contributed by atoms with Crippen molar-refractivity contribution in [2.45, 2.75) is 57.9 Å². The molecule has 0 aromatic heterocycles. The number of nitrogens with one attached hydrogen (secondary N) is 1. The molecule has 0 radical (unpaired) electrons. The highest BCUT2D eigenvalue weighted by Crippen LogP contribution is 2.27. The normalized spacial score (nSPS) is 26.5. The van der Waals surface area contributed by atoms with Crippen LogP contribution in [0.2, 0.25) is 0 Å². The number of carboxylic acids is 1. The molecule has 88 valence electrons. The van der Waals surface area contributed by atoms with Gasteiger partial charge in [-0.1, -0.05) is 19.8 Å². The Kier molecular flexibility index (Phi) is 5.69. The van der Waals surface area contributed by atoms with Crippen molar-refractivity contribution in [3.63, 3.8) is 0 Å². The van der Waals surface area contributed by atoms with Crippen molar-refractivity contribution in [2.75, 3.05) is 6.54 Å². The van der Waals surface area contributed by atoms with Crippen molar-refractivity contribution < 1.29 is 9.90 Å². The van der Waals surface area contributed by atoms with E-state index in [2.05, 4.69) is 12.2 Å². The third-order valence-electron chi connectivity index (χ3n) is 3.32. The summed E-state index contributed by atoms with van der Waals surface area (Å²) < 4.78 is 0. The van der Waals surface area contributed by atoms with Crippen LogP contribution in [0.4, 0.5) is 0 Å². The van der Waals surface area contributed by atoms with E-state index in [4.69, 9.17) is 5.11 Å². The molecule has 0 aliphatic heterocycles. The minimum Gasteiger partial charge on any atom is -0.481 e. The lowest BCUT2D eigenvalue weighted by atomic mass is 9.83. The first kappa shape index (κ1) is 12.5. The van der Waals surface area contributed by atoms with E-state index >= 15 is 0 Å². The lowest BCUT2D eigenvalue weighted by Gasteiger charge is -2.28. The fourth-order valence-electron chi connectivity index (χ4n) is 2.45. The van der Waals surface area contributed by atoms with Gasteiger partial charge in [-0.05, 0) is 31.6 Å². The molecule has 1 aliphatic rings. The molecule has 2 N–H and O–H groups in total. The highest BCUT2D eigenvalue weighted by atomic mass is 16.4. The maximum Gasteiger partial charge on any atom is 0.304 e. The van der Waals surface area contributed by atoms with E-state index in [1.165, 1.54) is 38.5 Å². The number of carbonyl (C=O) groups is 1. The van der Waals surface area contributed by atoms with Gasteiger partial charge in [0.15, 0.2) is 0 Å². The molecular formula is C12H23NO2. The van der Waals surface area contributed by atoms with Crippen molar-refractivity contribution in [2.24, 2.45) is 5.92 Å². The quantitative estimate of drug-likeness (QED) is 0.712. The standard InChI is InChI=1S/C12H23NO2/c1-2-3-10-4-6-11(7-5-10)13-9-8-12(14)15/h10-11,13H,2-9H2,1H3,(H,14,15). The van der Waals surface area contributed by atoms with E-state index in [-0.39, 0.29) is 6.42 Å². The first-order valence-electron chi connectivity index (χ1n) is 6.17. The van der Waals surface area contributed by atoms with E-state index in [0.29, 0.717) is 12.6 Å². The van der Waals surface area contributed by atoms with Crippen molar-refractivity contribution in [3.05, 3.63) is 0 Å². The number of hydrogen-bond donors (Lipinski definition) is 2. The first-order chi connectivity index (χ1) is 7.22. The van der Waals surface area contributed by atoms with E-state index in [0.717, 1.165) is 5.92 Å². The van der Waals surface area contributed by atoms with E-state index in [1.807, 2.05) is 0 Å². The van der Waals surface area contributed by atoms with Crippen LogP contribution in [0.25, 0.3) is 0 Å². The van der Waals surface area contributed by atoms with Crippen LogP contribution >= 0.6 is 0 Å². The molecular weight excluding hydrogens is 190 g/mol. The van der Waals surface area contributed by atoms with Gasteiger partial charge >= 0.3 is 5.97 Å². The van der Waals surface area contributed by atoms with Crippen molar-refractivity contribution in [1.82, 2.24) is 5.32 Å². The summed E-state index contributed by atoms with van der Waals surface area (Å²) in [5, 5.41) is 11.8. The Morgan fingerprint density at radius 2 is 2.00 bits per heavy atom. The van der Waals surface area contributed by atoms with Gasteiger partial charge in [-0.15, -0.1) is 0 Å². The lowest BCUT2D eigenvalue weighted by Crippen LogP contribution is -2.34. The molecule has 0 amide bonds. The Morgan fingerprint density at radius 1 is 1.33 bits per heavy atom. The van der Waals surface area contributed by atoms with Gasteiger partial charge in [-0.2, -0.15) is 0 Å². The van der Waals surface area contributed by atoms with Crippen LogP contribution in [0.15, 0.2) is 0 Å². The van der Waals surface area contributed by atoms with Crippen LogP contribution in [0.1, 0.15) is 51.9 Å². The van der Waals surface area contributed by atoms with Crippen LogP contribution < -0.4 is 5.32 Å². The summed E-state index contributed by atoms with van der Waals surface area (Å²) in [6, 6.07) is 0.567. The first-order valence-corrected chi connectivity index (χ1v) is 6.17. The summed E-state index contributed by atoms with van der Waals surface area (Å²) in [4.78, 5) is 10.3. The maximum absolute atomic E-state index is 10.3. The van der Waals surface area contributed by atoms with Crippen molar-refractivity contribution in [1.29, 1.82) is 0 Å². The van der Waals surface area contributed by atoms with E-state index in [1.54, 1.807) is 0 Å². The van der Waals surface area contributed by atoms with Gasteiger partial charge in [0.05, 0.1) is 6.42 Å². The number of hydrogen-bond acceptors (Lipinski definition) is 2. The van der Waals surface area contributed by atoms with Gasteiger partial charge < -0.3 is 10.4 Å². The molecule has 0 bridgehead atoms. The largest absolute Gasteiger partial charge is 0.481 e. The molecule has 0 unspecified atom stereocenters. The second-order valence-corrected chi connectivity index (χ2v) is 4.60. The third-order valence-corrected chi connectivity index (χ3v) is 3.32. The average molecular weight is 213 g/mol. The third kappa shape index (κ3) is 5.17. The summed E-state index contributed by atoms with van der Waals surface area (Å²) >= 11 is 0. The van der Waals surface area contributed by atoms with Gasteiger partial charge in [0.25, 0.3) is 0 Å². The molecule has 0 saturated heterocycles. The molecule has 0 heterocycles. The van der Waals surface area contributed by atoms with Crippen LogP contribution in [-0.4, -0.2) is 23.7 Å². The van der Waals surface area contributed by atoms with Gasteiger partial charge in [0, 0.05) is 12.6 Å². The molecule has 3 nitrogen and oxygen atoms in total. The summed E-state index contributed by atoms with van der Waals surface area (Å²) in [6.07, 6.45) is 7.99. The van der Waals surface area contributed by atoms with Gasteiger partial charge in [0.2, 0.25) is 0 Å². The SMILES string of the molecule is CCCC1CCC(NCCC(=O)O)CC1. The Balaban J connectivity index is 2.06. The van der Waals surface area contributed by atoms with Crippen molar-refractivity contribution >= 4 is 5.97 Å². The molecule has 15 heavy (non-hydrogen) atoms. The van der Waals surface area contributed by atoms with Crippen LogP contribution in [0.5, 0.6) is 0 Å². The molecule has 0 aromatic rings. The number of rotatable bonds is 6. The Labute approximate surface area is 92.3 Å².